The van der Waals surface area contributed by atoms with Crippen LogP contribution in [0.1, 0.15) is 5.69 Å². The van der Waals surface area contributed by atoms with Gasteiger partial charge in [0.15, 0.2) is 0 Å². The van der Waals surface area contributed by atoms with Crippen LogP contribution >= 0.6 is 0 Å². The maximum absolute atomic E-state index is 11.1. The molecular weight excluding hydrogens is 214 g/mol. The van der Waals surface area contributed by atoms with E-state index >= 15 is 0 Å². The molecule has 0 atom stereocenters. The normalized spacial score (nSPS) is 10.1. The number of carboxylic acid groups (broad SMARTS) is 1. The number of aliphatic carboxylic acids is 1. The van der Waals surface area contributed by atoms with E-state index in [1.165, 1.54) is 0 Å². The molecule has 0 saturated carbocycles. The lowest BCUT2D eigenvalue weighted by molar-refractivity contribution is -0.143. The van der Waals surface area contributed by atoms with Gasteiger partial charge in [0, 0.05) is 13.2 Å². The van der Waals surface area contributed by atoms with Crippen molar-refractivity contribution in [3.8, 4) is 0 Å². The van der Waals surface area contributed by atoms with Crippen molar-refractivity contribution in [1.29, 1.82) is 0 Å². The third kappa shape index (κ3) is 4.56. The summed E-state index contributed by atoms with van der Waals surface area (Å²) in [5.41, 5.74) is 0.731. The lowest BCUT2D eigenvalue weighted by Crippen LogP contribution is -2.28. The van der Waals surface area contributed by atoms with Crippen molar-refractivity contribution in [1.82, 2.24) is 15.1 Å². The van der Waals surface area contributed by atoms with Crippen LogP contribution in [0, 0.1) is 0 Å². The standard InChI is InChI=1S/C9H13N3O4/c1-12-3-2-7(11-12)4-10-8(13)5-16-6-9(14)15/h2-3H,4-6H2,1H3,(H,10,13)(H,14,15). The number of nitrogens with one attached hydrogen (secondary N) is 1. The molecule has 7 heteroatoms. The summed E-state index contributed by atoms with van der Waals surface area (Å²) in [5, 5.41) is 14.9. The quantitative estimate of drug-likeness (QED) is 0.659. The first-order chi connectivity index (χ1) is 7.58. The second-order valence-electron chi connectivity index (χ2n) is 3.14. The maximum atomic E-state index is 11.1. The van der Waals surface area contributed by atoms with Gasteiger partial charge in [0.2, 0.25) is 5.91 Å². The Morgan fingerprint density at radius 2 is 2.31 bits per heavy atom. The molecule has 0 spiro atoms. The van der Waals surface area contributed by atoms with Crippen LogP contribution in [0.5, 0.6) is 0 Å². The minimum absolute atomic E-state index is 0.265. The molecule has 0 saturated heterocycles. The number of rotatable bonds is 6. The molecule has 88 valence electrons. The minimum atomic E-state index is -1.10. The zero-order valence-electron chi connectivity index (χ0n) is 8.84. The first-order valence-electron chi connectivity index (χ1n) is 4.62. The number of hydrogen-bond donors (Lipinski definition) is 2. The molecule has 1 amide bonds. The second kappa shape index (κ2) is 5.86. The molecule has 2 N–H and O–H groups in total. The van der Waals surface area contributed by atoms with Crippen LogP contribution in [0.2, 0.25) is 0 Å². The fourth-order valence-corrected chi connectivity index (χ4v) is 1.03. The fourth-order valence-electron chi connectivity index (χ4n) is 1.03. The molecule has 7 nitrogen and oxygen atoms in total. The molecule has 1 aromatic heterocycles. The number of carbonyl (C=O) groups excluding carboxylic acids is 1. The van der Waals surface area contributed by atoms with E-state index < -0.39 is 12.6 Å². The van der Waals surface area contributed by atoms with Crippen LogP contribution in [0.4, 0.5) is 0 Å². The molecule has 0 aliphatic heterocycles. The predicted molar refractivity (Wildman–Crippen MR) is 53.5 cm³/mol. The van der Waals surface area contributed by atoms with Gasteiger partial charge in [-0.2, -0.15) is 5.10 Å². The highest BCUT2D eigenvalue weighted by atomic mass is 16.5. The van der Waals surface area contributed by atoms with E-state index in [4.69, 9.17) is 5.11 Å². The van der Waals surface area contributed by atoms with Crippen LogP contribution in [0.25, 0.3) is 0 Å². The third-order valence-corrected chi connectivity index (χ3v) is 1.69. The Hall–Kier alpha value is -1.89. The second-order valence-corrected chi connectivity index (χ2v) is 3.14. The molecule has 0 fully saturated rings. The molecule has 0 aliphatic rings. The number of carbonyl (C=O) groups is 2. The Morgan fingerprint density at radius 3 is 2.88 bits per heavy atom. The van der Waals surface area contributed by atoms with Gasteiger partial charge < -0.3 is 15.2 Å². The van der Waals surface area contributed by atoms with Gasteiger partial charge in [-0.25, -0.2) is 4.79 Å². The Kier molecular flexibility index (Phi) is 4.46. The topological polar surface area (TPSA) is 93.5 Å². The van der Waals surface area contributed by atoms with Crippen molar-refractivity contribution in [2.24, 2.45) is 7.05 Å². The summed E-state index contributed by atoms with van der Waals surface area (Å²) in [7, 11) is 1.78. The summed E-state index contributed by atoms with van der Waals surface area (Å²) >= 11 is 0. The van der Waals surface area contributed by atoms with Crippen LogP contribution in [0.15, 0.2) is 12.3 Å². The van der Waals surface area contributed by atoms with Crippen molar-refractivity contribution in [2.45, 2.75) is 6.54 Å². The average molecular weight is 227 g/mol. The number of hydrogen-bond acceptors (Lipinski definition) is 4. The molecule has 0 bridgehead atoms. The van der Waals surface area contributed by atoms with E-state index in [0.29, 0.717) is 6.54 Å². The lowest BCUT2D eigenvalue weighted by atomic mass is 10.4. The fraction of sp³-hybridized carbons (Fsp3) is 0.444. The first-order valence-corrected chi connectivity index (χ1v) is 4.62. The van der Waals surface area contributed by atoms with Crippen molar-refractivity contribution >= 4 is 11.9 Å². The van der Waals surface area contributed by atoms with Gasteiger partial charge in [-0.3, -0.25) is 9.48 Å². The highest BCUT2D eigenvalue weighted by molar-refractivity contribution is 5.77. The van der Waals surface area contributed by atoms with Crippen molar-refractivity contribution in [2.75, 3.05) is 13.2 Å². The SMILES string of the molecule is Cn1ccc(CNC(=O)COCC(=O)O)n1. The molecule has 0 unspecified atom stereocenters. The molecule has 0 aliphatic carbocycles. The molecular formula is C9H13N3O4. The monoisotopic (exact) mass is 227 g/mol. The maximum Gasteiger partial charge on any atom is 0.329 e. The smallest absolute Gasteiger partial charge is 0.329 e. The number of aromatic nitrogens is 2. The Balaban J connectivity index is 2.17. The molecule has 1 heterocycles. The van der Waals surface area contributed by atoms with Crippen molar-refractivity contribution in [3.63, 3.8) is 0 Å². The van der Waals surface area contributed by atoms with Crippen molar-refractivity contribution in [3.05, 3.63) is 18.0 Å². The summed E-state index contributed by atoms with van der Waals surface area (Å²) in [5.74, 6) is -1.47. The Bertz CT molecular complexity index is 375. The van der Waals surface area contributed by atoms with E-state index in [0.717, 1.165) is 5.69 Å². The average Bonchev–Trinajstić information content (AvgIpc) is 2.61. The largest absolute Gasteiger partial charge is 0.480 e. The number of ether oxygens (including phenoxy) is 1. The van der Waals surface area contributed by atoms with Gasteiger partial charge in [0.25, 0.3) is 0 Å². The van der Waals surface area contributed by atoms with Crippen molar-refractivity contribution < 1.29 is 19.4 Å². The first kappa shape index (κ1) is 12.2. The van der Waals surface area contributed by atoms with Crippen LogP contribution in [-0.2, 0) is 27.9 Å². The van der Waals surface area contributed by atoms with E-state index in [1.807, 2.05) is 0 Å². The summed E-state index contributed by atoms with van der Waals surface area (Å²) in [6, 6.07) is 1.78. The zero-order valence-corrected chi connectivity index (χ0v) is 8.84. The zero-order chi connectivity index (χ0) is 12.0. The van der Waals surface area contributed by atoms with Crippen LogP contribution < -0.4 is 5.32 Å². The van der Waals surface area contributed by atoms with Gasteiger partial charge in [0.1, 0.15) is 13.2 Å². The number of aryl methyl sites for hydroxylation is 1. The summed E-state index contributed by atoms with van der Waals surface area (Å²) in [6.07, 6.45) is 1.77. The number of carboxylic acids is 1. The predicted octanol–water partition coefficient (Wildman–Crippen LogP) is -0.862. The van der Waals surface area contributed by atoms with E-state index in [9.17, 15) is 9.59 Å². The molecule has 0 radical (unpaired) electrons. The molecule has 16 heavy (non-hydrogen) atoms. The molecule has 1 aromatic rings. The summed E-state index contributed by atoms with van der Waals surface area (Å²) in [4.78, 5) is 21.2. The highest BCUT2D eigenvalue weighted by Gasteiger charge is 2.04. The molecule has 0 aromatic carbocycles. The van der Waals surface area contributed by atoms with E-state index in [2.05, 4.69) is 15.2 Å². The summed E-state index contributed by atoms with van der Waals surface area (Å²) < 4.78 is 6.24. The van der Waals surface area contributed by atoms with Gasteiger partial charge >= 0.3 is 5.97 Å². The van der Waals surface area contributed by atoms with Gasteiger partial charge in [-0.15, -0.1) is 0 Å². The number of nitrogens with zero attached hydrogens (tertiary/aromatic N) is 2. The Labute approximate surface area is 92.0 Å². The highest BCUT2D eigenvalue weighted by Crippen LogP contribution is 1.92. The van der Waals surface area contributed by atoms with E-state index in [1.54, 1.807) is 24.0 Å². The minimum Gasteiger partial charge on any atom is -0.480 e. The lowest BCUT2D eigenvalue weighted by Gasteiger charge is -2.02. The molecule has 1 rings (SSSR count). The van der Waals surface area contributed by atoms with Gasteiger partial charge in [0.05, 0.1) is 12.2 Å². The summed E-state index contributed by atoms with van der Waals surface area (Å²) in [6.45, 7) is -0.438. The van der Waals surface area contributed by atoms with E-state index in [-0.39, 0.29) is 12.5 Å². The Morgan fingerprint density at radius 1 is 1.56 bits per heavy atom. The van der Waals surface area contributed by atoms with Crippen LogP contribution in [-0.4, -0.2) is 40.0 Å². The third-order valence-electron chi connectivity index (χ3n) is 1.69. The van der Waals surface area contributed by atoms with Gasteiger partial charge in [-0.05, 0) is 6.07 Å². The van der Waals surface area contributed by atoms with Crippen LogP contribution in [0.3, 0.4) is 0 Å². The number of amides is 1. The van der Waals surface area contributed by atoms with Gasteiger partial charge in [-0.1, -0.05) is 0 Å².